The van der Waals surface area contributed by atoms with E-state index in [-0.39, 0.29) is 17.3 Å². The molecule has 0 saturated carbocycles. The molecule has 0 fully saturated rings. The number of para-hydroxylation sites is 1. The van der Waals surface area contributed by atoms with Gasteiger partial charge in [-0.3, -0.25) is 13.9 Å². The predicted octanol–water partition coefficient (Wildman–Crippen LogP) is 3.84. The second-order valence-electron chi connectivity index (χ2n) is 8.86. The predicted molar refractivity (Wildman–Crippen MR) is 150 cm³/mol. The first-order chi connectivity index (χ1) is 18.7. The molecule has 10 heteroatoms. The van der Waals surface area contributed by atoms with Gasteiger partial charge in [0.05, 0.1) is 24.8 Å². The molecule has 3 aromatic carbocycles. The fraction of sp³-hybridized carbons (Fsp3) is 0.310. The second-order valence-corrected chi connectivity index (χ2v) is 10.7. The van der Waals surface area contributed by atoms with Gasteiger partial charge in [0, 0.05) is 13.1 Å². The summed E-state index contributed by atoms with van der Waals surface area (Å²) in [6.45, 7) is 3.65. The minimum Gasteiger partial charge on any atom is -0.497 e. The first-order valence-corrected chi connectivity index (χ1v) is 14.1. The molecule has 208 valence electrons. The van der Waals surface area contributed by atoms with Crippen LogP contribution in [0.2, 0.25) is 0 Å². The second kappa shape index (κ2) is 13.7. The third-order valence-electron chi connectivity index (χ3n) is 6.20. The molecule has 1 atom stereocenters. The number of hydrogen-bond acceptors (Lipinski definition) is 6. The Morgan fingerprint density at radius 1 is 0.872 bits per heavy atom. The fourth-order valence-electron chi connectivity index (χ4n) is 3.90. The number of carbonyl (C=O) groups is 2. The van der Waals surface area contributed by atoms with E-state index in [4.69, 9.17) is 9.47 Å². The van der Waals surface area contributed by atoms with Gasteiger partial charge in [-0.25, -0.2) is 8.42 Å². The van der Waals surface area contributed by atoms with Crippen molar-refractivity contribution in [3.63, 3.8) is 0 Å². The van der Waals surface area contributed by atoms with E-state index in [2.05, 4.69) is 5.32 Å². The average Bonchev–Trinajstić information content (AvgIpc) is 2.97. The molecule has 0 aliphatic carbocycles. The molecule has 0 saturated heterocycles. The molecular formula is C29H35N3O6S. The van der Waals surface area contributed by atoms with E-state index < -0.39 is 28.5 Å². The Kier molecular flexibility index (Phi) is 10.3. The third kappa shape index (κ3) is 7.51. The molecular weight excluding hydrogens is 518 g/mol. The molecule has 39 heavy (non-hydrogen) atoms. The molecule has 9 nitrogen and oxygen atoms in total. The lowest BCUT2D eigenvalue weighted by molar-refractivity contribution is -0.139. The van der Waals surface area contributed by atoms with Gasteiger partial charge in [0.25, 0.3) is 10.0 Å². The highest BCUT2D eigenvalue weighted by Gasteiger charge is 2.32. The average molecular weight is 554 g/mol. The van der Waals surface area contributed by atoms with Crippen LogP contribution >= 0.6 is 0 Å². The quantitative estimate of drug-likeness (QED) is 0.345. The number of benzene rings is 3. The zero-order valence-electron chi connectivity index (χ0n) is 22.7. The number of nitrogens with zero attached hydrogens (tertiary/aromatic N) is 2. The van der Waals surface area contributed by atoms with Crippen LogP contribution in [0.4, 0.5) is 5.69 Å². The smallest absolute Gasteiger partial charge is 0.264 e. The lowest BCUT2D eigenvalue weighted by atomic mass is 10.1. The van der Waals surface area contributed by atoms with Crippen molar-refractivity contribution >= 4 is 27.5 Å². The Hall–Kier alpha value is -4.05. The summed E-state index contributed by atoms with van der Waals surface area (Å²) in [5, 5.41) is 2.83. The molecule has 0 bridgehead atoms. The topological polar surface area (TPSA) is 105 Å². The van der Waals surface area contributed by atoms with Crippen molar-refractivity contribution in [1.82, 2.24) is 10.2 Å². The van der Waals surface area contributed by atoms with E-state index in [0.717, 1.165) is 16.3 Å². The number of sulfonamides is 1. The number of nitrogens with one attached hydrogen (secondary N) is 1. The van der Waals surface area contributed by atoms with Gasteiger partial charge in [0.15, 0.2) is 0 Å². The Bertz CT molecular complexity index is 1330. The van der Waals surface area contributed by atoms with Crippen LogP contribution in [0.15, 0.2) is 83.8 Å². The van der Waals surface area contributed by atoms with Gasteiger partial charge < -0.3 is 19.7 Å². The Morgan fingerprint density at radius 2 is 1.44 bits per heavy atom. The molecule has 0 unspecified atom stereocenters. The maximum Gasteiger partial charge on any atom is 0.264 e. The first-order valence-electron chi connectivity index (χ1n) is 12.6. The Morgan fingerprint density at radius 3 is 1.97 bits per heavy atom. The minimum absolute atomic E-state index is 0.00962. The lowest BCUT2D eigenvalue weighted by Gasteiger charge is -2.32. The van der Waals surface area contributed by atoms with Crippen LogP contribution in [0.5, 0.6) is 11.5 Å². The highest BCUT2D eigenvalue weighted by atomic mass is 32.2. The normalized spacial score (nSPS) is 11.8. The van der Waals surface area contributed by atoms with E-state index in [1.54, 1.807) is 80.8 Å². The van der Waals surface area contributed by atoms with E-state index in [1.165, 1.54) is 24.1 Å². The van der Waals surface area contributed by atoms with Crippen molar-refractivity contribution in [2.45, 2.75) is 37.8 Å². The number of rotatable bonds is 13. The molecule has 0 spiro atoms. The molecule has 1 N–H and O–H groups in total. The summed E-state index contributed by atoms with van der Waals surface area (Å²) >= 11 is 0. The van der Waals surface area contributed by atoms with E-state index in [9.17, 15) is 18.0 Å². The van der Waals surface area contributed by atoms with Crippen molar-refractivity contribution < 1.29 is 27.5 Å². The van der Waals surface area contributed by atoms with Crippen LogP contribution in [-0.2, 0) is 26.2 Å². The summed E-state index contributed by atoms with van der Waals surface area (Å²) in [5.74, 6) is 0.328. The zero-order valence-corrected chi connectivity index (χ0v) is 23.5. The van der Waals surface area contributed by atoms with Gasteiger partial charge in [-0.1, -0.05) is 37.3 Å². The number of carbonyl (C=O) groups excluding carboxylic acids is 2. The summed E-state index contributed by atoms with van der Waals surface area (Å²) in [7, 11) is -1.08. The highest BCUT2D eigenvalue weighted by molar-refractivity contribution is 7.92. The first kappa shape index (κ1) is 29.5. The van der Waals surface area contributed by atoms with E-state index in [1.807, 2.05) is 6.92 Å². The monoisotopic (exact) mass is 553 g/mol. The Balaban J connectivity index is 1.98. The summed E-state index contributed by atoms with van der Waals surface area (Å²) < 4.78 is 39.0. The third-order valence-corrected chi connectivity index (χ3v) is 7.99. The zero-order chi connectivity index (χ0) is 28.4. The van der Waals surface area contributed by atoms with Gasteiger partial charge in [-0.15, -0.1) is 0 Å². The molecule has 0 aliphatic heterocycles. The van der Waals surface area contributed by atoms with E-state index >= 15 is 0 Å². The van der Waals surface area contributed by atoms with Crippen molar-refractivity contribution in [2.24, 2.45) is 0 Å². The van der Waals surface area contributed by atoms with Crippen molar-refractivity contribution in [1.29, 1.82) is 0 Å². The number of hydrogen-bond donors (Lipinski definition) is 1. The number of methoxy groups -OCH3 is 2. The SMILES string of the molecule is CCCNC(=O)[C@@H](C)N(Cc1ccc(OC)cc1)C(=O)CN(c1ccccc1)S(=O)(=O)c1ccc(OC)cc1. The van der Waals surface area contributed by atoms with Crippen molar-refractivity contribution in [2.75, 3.05) is 31.6 Å². The van der Waals surface area contributed by atoms with Crippen LogP contribution < -0.4 is 19.1 Å². The highest BCUT2D eigenvalue weighted by Crippen LogP contribution is 2.26. The van der Waals surface area contributed by atoms with Gasteiger partial charge >= 0.3 is 0 Å². The van der Waals surface area contributed by atoms with Crippen LogP contribution in [0.1, 0.15) is 25.8 Å². The van der Waals surface area contributed by atoms with Crippen LogP contribution in [0, 0.1) is 0 Å². The molecule has 3 rings (SSSR count). The summed E-state index contributed by atoms with van der Waals surface area (Å²) in [4.78, 5) is 28.2. The fourth-order valence-corrected chi connectivity index (χ4v) is 5.32. The summed E-state index contributed by atoms with van der Waals surface area (Å²) in [6.07, 6.45) is 0.743. The lowest BCUT2D eigenvalue weighted by Crippen LogP contribution is -2.51. The minimum atomic E-state index is -4.14. The summed E-state index contributed by atoms with van der Waals surface area (Å²) in [5.41, 5.74) is 1.10. The number of amides is 2. The molecule has 0 aromatic heterocycles. The van der Waals surface area contributed by atoms with Crippen molar-refractivity contribution in [3.05, 3.63) is 84.4 Å². The molecule has 2 amide bonds. The largest absolute Gasteiger partial charge is 0.497 e. The van der Waals surface area contributed by atoms with Crippen LogP contribution in [0.3, 0.4) is 0 Å². The number of ether oxygens (including phenoxy) is 2. The van der Waals surface area contributed by atoms with Gasteiger partial charge in [-0.05, 0) is 67.4 Å². The van der Waals surface area contributed by atoms with E-state index in [0.29, 0.717) is 23.7 Å². The van der Waals surface area contributed by atoms with Gasteiger partial charge in [0.2, 0.25) is 11.8 Å². The summed E-state index contributed by atoms with van der Waals surface area (Å²) in [6, 6.07) is 20.7. The number of anilines is 1. The molecule has 3 aromatic rings. The standard InChI is InChI=1S/C29H35N3O6S/c1-5-19-30-29(34)22(2)31(20-23-11-13-25(37-3)14-12-23)28(33)21-32(24-9-7-6-8-10-24)39(35,36)27-17-15-26(38-4)16-18-27/h6-18,22H,5,19-21H2,1-4H3,(H,30,34)/t22-/m1/s1. The molecule has 0 heterocycles. The molecule has 0 radical (unpaired) electrons. The maximum absolute atomic E-state index is 13.8. The van der Waals surface area contributed by atoms with Crippen molar-refractivity contribution in [3.8, 4) is 11.5 Å². The van der Waals surface area contributed by atoms with Gasteiger partial charge in [0.1, 0.15) is 24.1 Å². The van der Waals surface area contributed by atoms with Crippen LogP contribution in [0.25, 0.3) is 0 Å². The van der Waals surface area contributed by atoms with Crippen LogP contribution in [-0.4, -0.2) is 58.5 Å². The van der Waals surface area contributed by atoms with Gasteiger partial charge in [-0.2, -0.15) is 0 Å². The Labute approximate surface area is 230 Å². The maximum atomic E-state index is 13.8. The molecule has 0 aliphatic rings.